The monoisotopic (exact) mass is 276 g/mol. The molecule has 108 valence electrons. The normalized spacial score (nSPS) is 19.1. The molecule has 1 saturated heterocycles. The second kappa shape index (κ2) is 6.52. The lowest BCUT2D eigenvalue weighted by molar-refractivity contribution is -0.118. The van der Waals surface area contributed by atoms with Gasteiger partial charge >= 0.3 is 5.97 Å². The van der Waals surface area contributed by atoms with E-state index < -0.39 is 5.97 Å². The zero-order chi connectivity index (χ0) is 14.5. The molecule has 1 aliphatic heterocycles. The molecule has 0 spiro atoms. The molecule has 1 fully saturated rings. The van der Waals surface area contributed by atoms with Crippen LogP contribution in [-0.4, -0.2) is 29.6 Å². The molecule has 20 heavy (non-hydrogen) atoms. The fourth-order valence-corrected chi connectivity index (χ4v) is 2.46. The number of carboxylic acids is 1. The van der Waals surface area contributed by atoms with Crippen molar-refractivity contribution in [1.82, 2.24) is 5.32 Å². The fourth-order valence-electron chi connectivity index (χ4n) is 2.46. The van der Waals surface area contributed by atoms with E-state index in [0.29, 0.717) is 11.3 Å². The smallest absolute Gasteiger partial charge is 0.335 e. The first-order chi connectivity index (χ1) is 9.58. The summed E-state index contributed by atoms with van der Waals surface area (Å²) < 4.78 is 0. The Bertz CT molecular complexity index is 506. The Morgan fingerprint density at radius 3 is 2.80 bits per heavy atom. The molecule has 0 aliphatic carbocycles. The Balaban J connectivity index is 2.03. The topological polar surface area (TPSA) is 78.4 Å². The first kappa shape index (κ1) is 14.5. The molecule has 1 aromatic carbocycles. The van der Waals surface area contributed by atoms with Gasteiger partial charge in [-0.3, -0.25) is 4.79 Å². The van der Waals surface area contributed by atoms with Gasteiger partial charge in [0.1, 0.15) is 0 Å². The molecule has 0 saturated carbocycles. The quantitative estimate of drug-likeness (QED) is 0.790. The van der Waals surface area contributed by atoms with Crippen LogP contribution < -0.4 is 10.6 Å². The third-order valence-corrected chi connectivity index (χ3v) is 3.60. The maximum absolute atomic E-state index is 12.2. The molecule has 2 rings (SSSR count). The Kier molecular flexibility index (Phi) is 4.74. The van der Waals surface area contributed by atoms with Crippen LogP contribution in [0.15, 0.2) is 18.2 Å². The lowest BCUT2D eigenvalue weighted by atomic mass is 10.1. The van der Waals surface area contributed by atoms with Crippen LogP contribution in [0, 0.1) is 6.92 Å². The number of aromatic carboxylic acids is 1. The van der Waals surface area contributed by atoms with Gasteiger partial charge in [0.15, 0.2) is 0 Å². The van der Waals surface area contributed by atoms with E-state index >= 15 is 0 Å². The summed E-state index contributed by atoms with van der Waals surface area (Å²) in [5.74, 6) is -1.000. The highest BCUT2D eigenvalue weighted by Crippen LogP contribution is 2.16. The Hall–Kier alpha value is -1.88. The van der Waals surface area contributed by atoms with E-state index in [9.17, 15) is 9.59 Å². The summed E-state index contributed by atoms with van der Waals surface area (Å²) in [7, 11) is 0. The Labute approximate surface area is 118 Å². The highest BCUT2D eigenvalue weighted by Gasteiger charge is 2.19. The van der Waals surface area contributed by atoms with E-state index in [-0.39, 0.29) is 17.5 Å². The highest BCUT2D eigenvalue weighted by molar-refractivity contribution is 5.96. The van der Waals surface area contributed by atoms with Crippen LogP contribution in [0.25, 0.3) is 0 Å². The number of carbonyl (C=O) groups excluding carboxylic acids is 1. The maximum Gasteiger partial charge on any atom is 0.335 e. The summed E-state index contributed by atoms with van der Waals surface area (Å²) in [6, 6.07) is 4.69. The first-order valence-corrected chi connectivity index (χ1v) is 6.96. The van der Waals surface area contributed by atoms with Crippen LogP contribution >= 0.6 is 0 Å². The number of benzene rings is 1. The number of nitrogens with one attached hydrogen (secondary N) is 2. The van der Waals surface area contributed by atoms with Gasteiger partial charge in [0.25, 0.3) is 0 Å². The van der Waals surface area contributed by atoms with Gasteiger partial charge in [-0.15, -0.1) is 0 Å². The third kappa shape index (κ3) is 3.57. The van der Waals surface area contributed by atoms with Crippen molar-refractivity contribution in [2.45, 2.75) is 38.6 Å². The van der Waals surface area contributed by atoms with Crippen molar-refractivity contribution in [2.75, 3.05) is 11.9 Å². The Morgan fingerprint density at radius 2 is 2.10 bits per heavy atom. The summed E-state index contributed by atoms with van der Waals surface area (Å²) in [6.07, 6.45) is 4.17. The SMILES string of the molecule is Cc1cc(NC(=O)C2CCCCCN2)ccc1C(=O)O. The molecule has 1 unspecified atom stereocenters. The van der Waals surface area contributed by atoms with E-state index in [1.165, 1.54) is 6.07 Å². The largest absolute Gasteiger partial charge is 0.478 e. The first-order valence-electron chi connectivity index (χ1n) is 6.96. The number of anilines is 1. The minimum Gasteiger partial charge on any atom is -0.478 e. The highest BCUT2D eigenvalue weighted by atomic mass is 16.4. The van der Waals surface area contributed by atoms with Crippen molar-refractivity contribution >= 4 is 17.6 Å². The van der Waals surface area contributed by atoms with Crippen LogP contribution in [0.3, 0.4) is 0 Å². The average molecular weight is 276 g/mol. The van der Waals surface area contributed by atoms with Gasteiger partial charge in [-0.2, -0.15) is 0 Å². The maximum atomic E-state index is 12.2. The molecule has 5 heteroatoms. The summed E-state index contributed by atoms with van der Waals surface area (Å²) in [5.41, 5.74) is 1.54. The molecule has 3 N–H and O–H groups in total. The number of amides is 1. The molecular weight excluding hydrogens is 256 g/mol. The number of carbonyl (C=O) groups is 2. The number of carboxylic acid groups (broad SMARTS) is 1. The zero-order valence-corrected chi connectivity index (χ0v) is 11.6. The second-order valence-corrected chi connectivity index (χ2v) is 5.18. The van der Waals surface area contributed by atoms with Gasteiger partial charge < -0.3 is 15.7 Å². The van der Waals surface area contributed by atoms with Crippen molar-refractivity contribution in [3.8, 4) is 0 Å². The zero-order valence-electron chi connectivity index (χ0n) is 11.6. The molecule has 1 amide bonds. The second-order valence-electron chi connectivity index (χ2n) is 5.18. The molecular formula is C15H20N2O3. The number of hydrogen-bond donors (Lipinski definition) is 3. The van der Waals surface area contributed by atoms with Crippen LogP contribution in [0.1, 0.15) is 41.6 Å². The predicted octanol–water partition coefficient (Wildman–Crippen LogP) is 2.16. The van der Waals surface area contributed by atoms with E-state index in [0.717, 1.165) is 32.2 Å². The van der Waals surface area contributed by atoms with E-state index in [1.807, 2.05) is 0 Å². The minimum absolute atomic E-state index is 0.0469. The molecule has 0 aromatic heterocycles. The summed E-state index contributed by atoms with van der Waals surface area (Å²) in [5, 5.41) is 15.1. The number of aryl methyl sites for hydroxylation is 1. The lowest BCUT2D eigenvalue weighted by Crippen LogP contribution is -2.39. The minimum atomic E-state index is -0.953. The van der Waals surface area contributed by atoms with Crippen LogP contribution in [0.2, 0.25) is 0 Å². The number of hydrogen-bond acceptors (Lipinski definition) is 3. The van der Waals surface area contributed by atoms with Crippen LogP contribution in [-0.2, 0) is 4.79 Å². The van der Waals surface area contributed by atoms with E-state index in [2.05, 4.69) is 10.6 Å². The van der Waals surface area contributed by atoms with Gasteiger partial charge in [0.2, 0.25) is 5.91 Å². The third-order valence-electron chi connectivity index (χ3n) is 3.60. The predicted molar refractivity (Wildman–Crippen MR) is 77.0 cm³/mol. The molecule has 1 atom stereocenters. The Morgan fingerprint density at radius 1 is 1.30 bits per heavy atom. The standard InChI is InChI=1S/C15H20N2O3/c1-10-9-11(6-7-12(10)15(19)20)17-14(18)13-5-3-2-4-8-16-13/h6-7,9,13,16H,2-5,8H2,1H3,(H,17,18)(H,19,20). The summed E-state index contributed by atoms with van der Waals surface area (Å²) >= 11 is 0. The van der Waals surface area contributed by atoms with Crippen molar-refractivity contribution < 1.29 is 14.7 Å². The molecule has 0 radical (unpaired) electrons. The van der Waals surface area contributed by atoms with Crippen LogP contribution in [0.4, 0.5) is 5.69 Å². The van der Waals surface area contributed by atoms with Gasteiger partial charge in [0, 0.05) is 5.69 Å². The van der Waals surface area contributed by atoms with Gasteiger partial charge in [-0.1, -0.05) is 12.8 Å². The summed E-state index contributed by atoms with van der Waals surface area (Å²) in [6.45, 7) is 2.60. The molecule has 1 aliphatic rings. The molecule has 1 heterocycles. The molecule has 1 aromatic rings. The lowest BCUT2D eigenvalue weighted by Gasteiger charge is -2.16. The van der Waals surface area contributed by atoms with E-state index in [4.69, 9.17) is 5.11 Å². The van der Waals surface area contributed by atoms with Crippen molar-refractivity contribution in [3.63, 3.8) is 0 Å². The van der Waals surface area contributed by atoms with Gasteiger partial charge in [-0.25, -0.2) is 4.79 Å². The van der Waals surface area contributed by atoms with Crippen molar-refractivity contribution in [2.24, 2.45) is 0 Å². The van der Waals surface area contributed by atoms with Crippen molar-refractivity contribution in [3.05, 3.63) is 29.3 Å². The molecule has 0 bridgehead atoms. The molecule has 5 nitrogen and oxygen atoms in total. The van der Waals surface area contributed by atoms with E-state index in [1.54, 1.807) is 19.1 Å². The average Bonchev–Trinajstić information content (AvgIpc) is 2.67. The van der Waals surface area contributed by atoms with Crippen LogP contribution in [0.5, 0.6) is 0 Å². The van der Waals surface area contributed by atoms with Gasteiger partial charge in [-0.05, 0) is 50.1 Å². The van der Waals surface area contributed by atoms with Gasteiger partial charge in [0.05, 0.1) is 11.6 Å². The number of rotatable bonds is 3. The van der Waals surface area contributed by atoms with Crippen molar-refractivity contribution in [1.29, 1.82) is 0 Å². The summed E-state index contributed by atoms with van der Waals surface area (Å²) in [4.78, 5) is 23.1. The fraction of sp³-hybridized carbons (Fsp3) is 0.467.